The Morgan fingerprint density at radius 3 is 2.29 bits per heavy atom. The first-order valence-electron chi connectivity index (χ1n) is 4.92. The normalized spacial score (nSPS) is 10.0. The smallest absolute Gasteiger partial charge is 0.268 e. The number of rotatable bonds is 4. The molecule has 0 bridgehead atoms. The summed E-state index contributed by atoms with van der Waals surface area (Å²) in [6, 6.07) is 4.90. The maximum absolute atomic E-state index is 12.0. The van der Waals surface area contributed by atoms with Gasteiger partial charge in [-0.15, -0.1) is 0 Å². The van der Waals surface area contributed by atoms with Gasteiger partial charge in [-0.1, -0.05) is 0 Å². The third-order valence-electron chi connectivity index (χ3n) is 2.24. The van der Waals surface area contributed by atoms with Crippen LogP contribution in [0.4, 0.5) is 0 Å². The first-order chi connectivity index (χ1) is 8.24. The molecule has 0 atom stereocenters. The molecule has 0 aliphatic rings. The highest BCUT2D eigenvalue weighted by Crippen LogP contribution is 2.23. The van der Waals surface area contributed by atoms with Crippen molar-refractivity contribution in [2.45, 2.75) is 0 Å². The number of oxazole rings is 1. The van der Waals surface area contributed by atoms with Gasteiger partial charge >= 0.3 is 0 Å². The second-order valence-corrected chi connectivity index (χ2v) is 3.27. The average molecular weight is 233 g/mol. The summed E-state index contributed by atoms with van der Waals surface area (Å²) in [5.74, 6) is 0.811. The summed E-state index contributed by atoms with van der Waals surface area (Å²) >= 11 is 0. The second kappa shape index (κ2) is 4.69. The minimum absolute atomic E-state index is 0.0420. The number of methoxy groups -OCH3 is 2. The molecule has 5 heteroatoms. The van der Waals surface area contributed by atoms with Gasteiger partial charge in [0.2, 0.25) is 5.78 Å². The third-order valence-corrected chi connectivity index (χ3v) is 2.24. The molecule has 0 aliphatic carbocycles. The SMILES string of the molecule is COc1cc(OC)cc(C(=O)c2ncco2)c1. The number of aromatic nitrogens is 1. The van der Waals surface area contributed by atoms with E-state index in [4.69, 9.17) is 13.9 Å². The van der Waals surface area contributed by atoms with Gasteiger partial charge in [0.1, 0.15) is 17.8 Å². The van der Waals surface area contributed by atoms with Gasteiger partial charge in [0.25, 0.3) is 5.89 Å². The number of benzene rings is 1. The highest BCUT2D eigenvalue weighted by molar-refractivity contribution is 6.06. The Morgan fingerprint density at radius 2 is 1.82 bits per heavy atom. The molecule has 0 amide bonds. The van der Waals surface area contributed by atoms with Gasteiger partial charge in [-0.3, -0.25) is 4.79 Å². The topological polar surface area (TPSA) is 61.6 Å². The summed E-state index contributed by atoms with van der Waals surface area (Å²) in [5, 5.41) is 0. The van der Waals surface area contributed by atoms with E-state index in [1.54, 1.807) is 18.2 Å². The lowest BCUT2D eigenvalue weighted by atomic mass is 10.1. The lowest BCUT2D eigenvalue weighted by molar-refractivity contribution is 0.100. The number of ketones is 1. The molecule has 0 saturated carbocycles. The van der Waals surface area contributed by atoms with Crippen molar-refractivity contribution in [2.24, 2.45) is 0 Å². The van der Waals surface area contributed by atoms with Crippen molar-refractivity contribution in [3.63, 3.8) is 0 Å². The zero-order chi connectivity index (χ0) is 12.3. The predicted molar refractivity (Wildman–Crippen MR) is 59.5 cm³/mol. The van der Waals surface area contributed by atoms with Crippen molar-refractivity contribution < 1.29 is 18.7 Å². The molecular formula is C12H11NO4. The van der Waals surface area contributed by atoms with Crippen molar-refractivity contribution >= 4 is 5.78 Å². The molecule has 0 unspecified atom stereocenters. The number of hydrogen-bond acceptors (Lipinski definition) is 5. The van der Waals surface area contributed by atoms with Crippen LogP contribution in [0.1, 0.15) is 16.2 Å². The third kappa shape index (κ3) is 2.28. The molecular weight excluding hydrogens is 222 g/mol. The van der Waals surface area contributed by atoms with Gasteiger partial charge in [0.15, 0.2) is 0 Å². The van der Waals surface area contributed by atoms with E-state index in [2.05, 4.69) is 4.98 Å². The summed E-state index contributed by atoms with van der Waals surface area (Å²) < 4.78 is 15.1. The van der Waals surface area contributed by atoms with Crippen molar-refractivity contribution in [1.82, 2.24) is 4.98 Å². The Bertz CT molecular complexity index is 497. The lowest BCUT2D eigenvalue weighted by Crippen LogP contribution is -2.02. The van der Waals surface area contributed by atoms with Crippen LogP contribution in [0.3, 0.4) is 0 Å². The van der Waals surface area contributed by atoms with Gasteiger partial charge in [-0.05, 0) is 12.1 Å². The van der Waals surface area contributed by atoms with E-state index in [1.807, 2.05) is 0 Å². The highest BCUT2D eigenvalue weighted by atomic mass is 16.5. The van der Waals surface area contributed by atoms with Gasteiger partial charge in [0, 0.05) is 11.6 Å². The highest BCUT2D eigenvalue weighted by Gasteiger charge is 2.15. The maximum Gasteiger partial charge on any atom is 0.268 e. The minimum Gasteiger partial charge on any atom is -0.497 e. The zero-order valence-corrected chi connectivity index (χ0v) is 9.47. The predicted octanol–water partition coefficient (Wildman–Crippen LogP) is 1.92. The van der Waals surface area contributed by atoms with Crippen LogP contribution in [0.25, 0.3) is 0 Å². The Hall–Kier alpha value is -2.30. The van der Waals surface area contributed by atoms with Crippen LogP contribution in [-0.4, -0.2) is 25.0 Å². The number of carbonyl (C=O) groups excluding carboxylic acids is 1. The second-order valence-electron chi connectivity index (χ2n) is 3.27. The first-order valence-corrected chi connectivity index (χ1v) is 4.92. The molecule has 2 aromatic rings. The van der Waals surface area contributed by atoms with Crippen LogP contribution < -0.4 is 9.47 Å². The Labute approximate surface area is 98.0 Å². The molecule has 88 valence electrons. The van der Waals surface area contributed by atoms with E-state index in [1.165, 1.54) is 26.7 Å². The molecule has 0 aliphatic heterocycles. The van der Waals surface area contributed by atoms with Crippen molar-refractivity contribution in [2.75, 3.05) is 14.2 Å². The number of carbonyl (C=O) groups is 1. The molecule has 1 aromatic carbocycles. The fourth-order valence-electron chi connectivity index (χ4n) is 1.40. The molecule has 0 fully saturated rings. The first kappa shape index (κ1) is 11.2. The summed E-state index contributed by atoms with van der Waals surface area (Å²) in [4.78, 5) is 15.8. The molecule has 0 spiro atoms. The van der Waals surface area contributed by atoms with Crippen molar-refractivity contribution in [1.29, 1.82) is 0 Å². The summed E-state index contributed by atoms with van der Waals surface area (Å²) in [7, 11) is 3.04. The van der Waals surface area contributed by atoms with Crippen LogP contribution in [-0.2, 0) is 0 Å². The molecule has 1 aromatic heterocycles. The van der Waals surface area contributed by atoms with Crippen LogP contribution >= 0.6 is 0 Å². The van der Waals surface area contributed by atoms with Crippen LogP contribution in [0, 0.1) is 0 Å². The van der Waals surface area contributed by atoms with Crippen molar-refractivity contribution in [3.8, 4) is 11.5 Å². The monoisotopic (exact) mass is 233 g/mol. The average Bonchev–Trinajstić information content (AvgIpc) is 2.91. The van der Waals surface area contributed by atoms with Gasteiger partial charge < -0.3 is 13.9 Å². The molecule has 0 radical (unpaired) electrons. The van der Waals surface area contributed by atoms with Crippen molar-refractivity contribution in [3.05, 3.63) is 42.1 Å². The number of hydrogen-bond donors (Lipinski definition) is 0. The fraction of sp³-hybridized carbons (Fsp3) is 0.167. The molecule has 2 rings (SSSR count). The van der Waals surface area contributed by atoms with Gasteiger partial charge in [-0.25, -0.2) is 4.98 Å². The van der Waals surface area contributed by atoms with E-state index in [-0.39, 0.29) is 11.7 Å². The maximum atomic E-state index is 12.0. The van der Waals surface area contributed by atoms with E-state index in [0.717, 1.165) is 0 Å². The van der Waals surface area contributed by atoms with Crippen LogP contribution in [0.15, 0.2) is 35.1 Å². The Morgan fingerprint density at radius 1 is 1.18 bits per heavy atom. The minimum atomic E-state index is -0.313. The number of nitrogens with zero attached hydrogens (tertiary/aromatic N) is 1. The largest absolute Gasteiger partial charge is 0.497 e. The fourth-order valence-corrected chi connectivity index (χ4v) is 1.40. The van der Waals surface area contributed by atoms with Crippen LogP contribution in [0.2, 0.25) is 0 Å². The molecule has 17 heavy (non-hydrogen) atoms. The summed E-state index contributed by atoms with van der Waals surface area (Å²) in [5.41, 5.74) is 0.406. The lowest BCUT2D eigenvalue weighted by Gasteiger charge is -2.06. The molecule has 0 saturated heterocycles. The zero-order valence-electron chi connectivity index (χ0n) is 9.47. The van der Waals surface area contributed by atoms with E-state index in [9.17, 15) is 4.79 Å². The molecule has 5 nitrogen and oxygen atoms in total. The van der Waals surface area contributed by atoms with E-state index >= 15 is 0 Å². The van der Waals surface area contributed by atoms with E-state index in [0.29, 0.717) is 17.1 Å². The Kier molecular flexibility index (Phi) is 3.09. The molecule has 1 heterocycles. The van der Waals surface area contributed by atoms with Gasteiger partial charge in [0.05, 0.1) is 20.4 Å². The molecule has 0 N–H and O–H groups in total. The standard InChI is InChI=1S/C12H11NO4/c1-15-9-5-8(6-10(7-9)16-2)11(14)12-13-3-4-17-12/h3-7H,1-2H3. The van der Waals surface area contributed by atoms with Crippen LogP contribution in [0.5, 0.6) is 11.5 Å². The quantitative estimate of drug-likeness (QED) is 0.755. The van der Waals surface area contributed by atoms with E-state index < -0.39 is 0 Å². The summed E-state index contributed by atoms with van der Waals surface area (Å²) in [6.07, 6.45) is 2.77. The summed E-state index contributed by atoms with van der Waals surface area (Å²) in [6.45, 7) is 0. The van der Waals surface area contributed by atoms with Gasteiger partial charge in [-0.2, -0.15) is 0 Å². The number of ether oxygens (including phenoxy) is 2. The Balaban J connectivity index is 2.41.